The number of rotatable bonds is 5. The number of hydrogen-bond donors (Lipinski definition) is 2. The Bertz CT molecular complexity index is 892. The van der Waals surface area contributed by atoms with Gasteiger partial charge in [-0.3, -0.25) is 0 Å². The molecule has 122 valence electrons. The molecule has 0 saturated carbocycles. The number of ether oxygens (including phenoxy) is 1. The number of fused-ring (bicyclic) bond motifs is 1. The molecular formula is C15H15N7O2. The first-order valence-corrected chi connectivity index (χ1v) is 7.25. The molecule has 3 aromatic rings. The van der Waals surface area contributed by atoms with Crippen LogP contribution in [0.5, 0.6) is 0 Å². The highest BCUT2D eigenvalue weighted by atomic mass is 16.5. The summed E-state index contributed by atoms with van der Waals surface area (Å²) in [7, 11) is 1.54. The molecule has 1 amide bonds. The minimum atomic E-state index is -0.635. The fourth-order valence-electron chi connectivity index (χ4n) is 2.27. The second kappa shape index (κ2) is 6.89. The van der Waals surface area contributed by atoms with Gasteiger partial charge in [0.25, 0.3) is 0 Å². The molecule has 9 nitrogen and oxygen atoms in total. The second-order valence-corrected chi connectivity index (χ2v) is 5.04. The lowest BCUT2D eigenvalue weighted by Gasteiger charge is -2.10. The molecule has 0 aliphatic rings. The van der Waals surface area contributed by atoms with Crippen LogP contribution in [0.2, 0.25) is 0 Å². The highest BCUT2D eigenvalue weighted by molar-refractivity contribution is 5.89. The van der Waals surface area contributed by atoms with Gasteiger partial charge in [0.05, 0.1) is 18.6 Å². The highest BCUT2D eigenvalue weighted by Gasteiger charge is 2.15. The number of imidazole rings is 1. The third-order valence-electron chi connectivity index (χ3n) is 3.49. The van der Waals surface area contributed by atoms with Gasteiger partial charge in [-0.25, -0.2) is 14.8 Å². The van der Waals surface area contributed by atoms with E-state index in [1.54, 1.807) is 38.1 Å². The van der Waals surface area contributed by atoms with Crippen LogP contribution in [0.15, 0.2) is 31.0 Å². The first-order chi connectivity index (χ1) is 11.7. The molecule has 1 unspecified atom stereocenters. The van der Waals surface area contributed by atoms with Crippen molar-refractivity contribution in [3.05, 3.63) is 31.0 Å². The van der Waals surface area contributed by atoms with E-state index in [0.717, 1.165) is 15.8 Å². The fourth-order valence-corrected chi connectivity index (χ4v) is 2.27. The Labute approximate surface area is 137 Å². The number of nitrogens with one attached hydrogen (secondary N) is 2. The van der Waals surface area contributed by atoms with Crippen LogP contribution in [-0.4, -0.2) is 50.5 Å². The van der Waals surface area contributed by atoms with Gasteiger partial charge in [0.15, 0.2) is 5.65 Å². The van der Waals surface area contributed by atoms with E-state index in [-0.39, 0.29) is 0 Å². The van der Waals surface area contributed by atoms with Gasteiger partial charge in [0.1, 0.15) is 11.6 Å². The number of aromatic amines is 1. The first kappa shape index (κ1) is 15.6. The number of carbonyl (C=O) groups excluding carboxylic acids is 1. The van der Waals surface area contributed by atoms with Crippen molar-refractivity contribution in [2.75, 3.05) is 13.7 Å². The summed E-state index contributed by atoms with van der Waals surface area (Å²) in [5, 5.41) is 15.7. The van der Waals surface area contributed by atoms with E-state index in [1.807, 2.05) is 6.07 Å². The van der Waals surface area contributed by atoms with E-state index in [0.29, 0.717) is 24.2 Å². The van der Waals surface area contributed by atoms with Crippen LogP contribution in [0.1, 0.15) is 6.42 Å². The molecule has 9 heteroatoms. The predicted molar refractivity (Wildman–Crippen MR) is 84.9 cm³/mol. The van der Waals surface area contributed by atoms with Crippen LogP contribution in [0.25, 0.3) is 22.3 Å². The zero-order valence-electron chi connectivity index (χ0n) is 12.9. The maximum atomic E-state index is 12.2. The van der Waals surface area contributed by atoms with Crippen LogP contribution in [0, 0.1) is 11.3 Å². The quantitative estimate of drug-likeness (QED) is 0.729. The van der Waals surface area contributed by atoms with E-state index in [2.05, 4.69) is 25.4 Å². The molecule has 0 spiro atoms. The molecule has 0 saturated heterocycles. The molecule has 0 aliphatic heterocycles. The minimum absolute atomic E-state index is 0.386. The average Bonchev–Trinajstić information content (AvgIpc) is 3.26. The smallest absolute Gasteiger partial charge is 0.343 e. The van der Waals surface area contributed by atoms with E-state index < -0.39 is 12.1 Å². The van der Waals surface area contributed by atoms with Gasteiger partial charge in [-0.15, -0.1) is 0 Å². The van der Waals surface area contributed by atoms with Crippen LogP contribution in [0.3, 0.4) is 0 Å². The molecule has 0 aliphatic carbocycles. The maximum Gasteiger partial charge on any atom is 0.343 e. The third kappa shape index (κ3) is 3.09. The normalized spacial score (nSPS) is 12.0. The maximum absolute atomic E-state index is 12.2. The van der Waals surface area contributed by atoms with Crippen molar-refractivity contribution in [3.63, 3.8) is 0 Å². The van der Waals surface area contributed by atoms with Crippen molar-refractivity contribution >= 4 is 17.2 Å². The van der Waals surface area contributed by atoms with Crippen LogP contribution in [0.4, 0.5) is 4.79 Å². The molecule has 2 N–H and O–H groups in total. The molecule has 0 bridgehead atoms. The fraction of sp³-hybridized carbons (Fsp3) is 0.267. The molecule has 1 atom stereocenters. The van der Waals surface area contributed by atoms with E-state index in [9.17, 15) is 4.79 Å². The molecule has 3 rings (SSSR count). The van der Waals surface area contributed by atoms with E-state index in [4.69, 9.17) is 10.00 Å². The number of nitriles is 1. The summed E-state index contributed by atoms with van der Waals surface area (Å²) in [6.45, 7) is 0.386. The lowest BCUT2D eigenvalue weighted by atomic mass is 10.1. The zero-order valence-corrected chi connectivity index (χ0v) is 12.9. The van der Waals surface area contributed by atoms with Crippen LogP contribution in [-0.2, 0) is 4.74 Å². The lowest BCUT2D eigenvalue weighted by molar-refractivity contribution is 0.187. The summed E-state index contributed by atoms with van der Waals surface area (Å²) in [6, 6.07) is 2.72. The molecule has 24 heavy (non-hydrogen) atoms. The second-order valence-electron chi connectivity index (χ2n) is 5.04. The summed E-state index contributed by atoms with van der Waals surface area (Å²) in [6.07, 6.45) is 6.78. The topological polar surface area (TPSA) is 122 Å². The van der Waals surface area contributed by atoms with Gasteiger partial charge in [0.2, 0.25) is 0 Å². The van der Waals surface area contributed by atoms with Gasteiger partial charge < -0.3 is 15.0 Å². The Hall–Kier alpha value is -3.25. The Morgan fingerprint density at radius 3 is 3.21 bits per heavy atom. The highest BCUT2D eigenvalue weighted by Crippen LogP contribution is 2.24. The number of methoxy groups -OCH3 is 1. The monoisotopic (exact) mass is 325 g/mol. The average molecular weight is 325 g/mol. The summed E-state index contributed by atoms with van der Waals surface area (Å²) in [4.78, 5) is 23.5. The number of pyridine rings is 1. The van der Waals surface area contributed by atoms with Gasteiger partial charge >= 0.3 is 6.03 Å². The largest absolute Gasteiger partial charge is 0.385 e. The van der Waals surface area contributed by atoms with Crippen molar-refractivity contribution in [2.24, 2.45) is 0 Å². The Morgan fingerprint density at radius 1 is 1.54 bits per heavy atom. The standard InChI is InChI=1S/C15H15N7O2/c1-24-5-3-11(6-16)21-15(23)22-8-10(7-20-22)12-2-4-17-14-13(12)18-9-19-14/h2,4,7-9,11H,3,5H2,1H3,(H,21,23)(H,17,18,19). The van der Waals surface area contributed by atoms with Crippen molar-refractivity contribution in [1.29, 1.82) is 5.26 Å². The zero-order chi connectivity index (χ0) is 16.9. The lowest BCUT2D eigenvalue weighted by Crippen LogP contribution is -2.37. The summed E-state index contributed by atoms with van der Waals surface area (Å²) >= 11 is 0. The van der Waals surface area contributed by atoms with Gasteiger partial charge in [-0.2, -0.15) is 15.0 Å². The number of aromatic nitrogens is 5. The number of nitrogens with zero attached hydrogens (tertiary/aromatic N) is 5. The summed E-state index contributed by atoms with van der Waals surface area (Å²) in [5.41, 5.74) is 2.91. The Kier molecular flexibility index (Phi) is 4.49. The number of hydrogen-bond acceptors (Lipinski definition) is 6. The minimum Gasteiger partial charge on any atom is -0.385 e. The van der Waals surface area contributed by atoms with Gasteiger partial charge in [0, 0.05) is 43.7 Å². The molecule has 0 aromatic carbocycles. The summed E-state index contributed by atoms with van der Waals surface area (Å²) in [5.74, 6) is 0. The third-order valence-corrected chi connectivity index (χ3v) is 3.49. The molecule has 0 fully saturated rings. The predicted octanol–water partition coefficient (Wildman–Crippen LogP) is 1.31. The molecular weight excluding hydrogens is 310 g/mol. The van der Waals surface area contributed by atoms with Crippen molar-refractivity contribution in [3.8, 4) is 17.2 Å². The Morgan fingerprint density at radius 2 is 2.42 bits per heavy atom. The SMILES string of the molecule is COCCC(C#N)NC(=O)n1cc(-c2ccnc3[nH]cnc23)cn1. The molecule has 3 heterocycles. The van der Waals surface area contributed by atoms with Crippen molar-refractivity contribution < 1.29 is 9.53 Å². The van der Waals surface area contributed by atoms with Crippen molar-refractivity contribution in [1.82, 2.24) is 30.0 Å². The summed E-state index contributed by atoms with van der Waals surface area (Å²) < 4.78 is 6.07. The van der Waals surface area contributed by atoms with E-state index in [1.165, 1.54) is 0 Å². The number of amides is 1. The van der Waals surface area contributed by atoms with Gasteiger partial charge in [-0.05, 0) is 6.07 Å². The molecule has 3 aromatic heterocycles. The van der Waals surface area contributed by atoms with Crippen molar-refractivity contribution in [2.45, 2.75) is 12.5 Å². The van der Waals surface area contributed by atoms with Crippen LogP contribution < -0.4 is 5.32 Å². The number of carbonyl (C=O) groups is 1. The van der Waals surface area contributed by atoms with Crippen LogP contribution >= 0.6 is 0 Å². The number of H-pyrrole nitrogens is 1. The first-order valence-electron chi connectivity index (χ1n) is 7.25. The Balaban J connectivity index is 1.79. The van der Waals surface area contributed by atoms with Gasteiger partial charge in [-0.1, -0.05) is 0 Å². The molecule has 0 radical (unpaired) electrons. The van der Waals surface area contributed by atoms with E-state index >= 15 is 0 Å².